The molecule has 0 atom stereocenters. The van der Waals surface area contributed by atoms with Gasteiger partial charge in [0.15, 0.2) is 5.65 Å². The van der Waals surface area contributed by atoms with E-state index in [1.165, 1.54) is 7.05 Å². The van der Waals surface area contributed by atoms with Gasteiger partial charge in [-0.2, -0.15) is 19.6 Å². The van der Waals surface area contributed by atoms with Gasteiger partial charge in [0.25, 0.3) is 5.62 Å². The molecular formula is C19H19N9O2. The zero-order valence-corrected chi connectivity index (χ0v) is 16.1. The van der Waals surface area contributed by atoms with Crippen molar-refractivity contribution in [3.63, 3.8) is 0 Å². The lowest BCUT2D eigenvalue weighted by Crippen LogP contribution is -2.24. The molecule has 0 amide bonds. The van der Waals surface area contributed by atoms with Gasteiger partial charge in [0.05, 0.1) is 12.2 Å². The van der Waals surface area contributed by atoms with E-state index in [9.17, 15) is 9.90 Å². The van der Waals surface area contributed by atoms with Gasteiger partial charge in [-0.1, -0.05) is 6.07 Å². The van der Waals surface area contributed by atoms with Crippen LogP contribution < -0.4 is 21.8 Å². The normalized spacial score (nSPS) is 15.2. The predicted molar refractivity (Wildman–Crippen MR) is 107 cm³/mol. The molecule has 30 heavy (non-hydrogen) atoms. The number of H-pyrrole nitrogens is 1. The van der Waals surface area contributed by atoms with Crippen LogP contribution in [0.1, 0.15) is 24.1 Å². The monoisotopic (exact) mass is 405 g/mol. The molecule has 5 rings (SSSR count). The highest BCUT2D eigenvalue weighted by Crippen LogP contribution is 2.22. The fraction of sp³-hybridized carbons (Fsp3) is 0.263. The zero-order chi connectivity index (χ0) is 20.7. The van der Waals surface area contributed by atoms with Crippen molar-refractivity contribution >= 4 is 17.7 Å². The zero-order valence-electron chi connectivity index (χ0n) is 16.1. The summed E-state index contributed by atoms with van der Waals surface area (Å²) in [6.07, 6.45) is 8.78. The van der Waals surface area contributed by atoms with Crippen molar-refractivity contribution in [1.29, 1.82) is 0 Å². The highest BCUT2D eigenvalue weighted by Gasteiger charge is 2.21. The summed E-state index contributed by atoms with van der Waals surface area (Å²) in [6.45, 7) is 0.507. The van der Waals surface area contributed by atoms with Crippen molar-refractivity contribution in [2.45, 2.75) is 25.4 Å². The summed E-state index contributed by atoms with van der Waals surface area (Å²) in [5, 5.41) is 18.3. The van der Waals surface area contributed by atoms with Gasteiger partial charge in [0.1, 0.15) is 5.69 Å². The Morgan fingerprint density at radius 2 is 2.23 bits per heavy atom. The van der Waals surface area contributed by atoms with E-state index in [4.69, 9.17) is 0 Å². The molecule has 152 valence electrons. The smallest absolute Gasteiger partial charge is 0.328 e. The van der Waals surface area contributed by atoms with Crippen LogP contribution in [0.3, 0.4) is 0 Å². The number of aromatic nitrogens is 7. The second-order valence-corrected chi connectivity index (χ2v) is 7.13. The predicted octanol–water partition coefficient (Wildman–Crippen LogP) is -0.525. The quantitative estimate of drug-likeness (QED) is 0.406. The number of hydrogen-bond acceptors (Lipinski definition) is 8. The molecule has 0 radical (unpaired) electrons. The van der Waals surface area contributed by atoms with Crippen molar-refractivity contribution in [3.8, 4) is 5.88 Å². The maximum Gasteiger partial charge on any atom is 0.328 e. The molecular weight excluding hydrogens is 386 g/mol. The van der Waals surface area contributed by atoms with Gasteiger partial charge in [-0.3, -0.25) is 9.55 Å². The molecule has 3 N–H and O–H groups in total. The number of imidazole rings is 1. The SMILES string of the molecule is Cn1c(O)c(C=c2cnn3c(=NC4CC4)nc(NCc4cccnc4)nc23)[nH]c1=O. The molecule has 0 unspecified atom stereocenters. The third kappa shape index (κ3) is 3.41. The summed E-state index contributed by atoms with van der Waals surface area (Å²) < 4.78 is 2.69. The number of rotatable bonds is 5. The van der Waals surface area contributed by atoms with Gasteiger partial charge in [-0.05, 0) is 30.5 Å². The van der Waals surface area contributed by atoms with E-state index in [-0.39, 0.29) is 17.6 Å². The first-order chi connectivity index (χ1) is 14.6. The van der Waals surface area contributed by atoms with Crippen molar-refractivity contribution in [2.75, 3.05) is 5.32 Å². The molecule has 4 heterocycles. The Bertz CT molecular complexity index is 1400. The molecule has 1 aliphatic carbocycles. The Kier molecular flexibility index (Phi) is 4.27. The van der Waals surface area contributed by atoms with Gasteiger partial charge in [0.2, 0.25) is 11.8 Å². The van der Waals surface area contributed by atoms with Crippen molar-refractivity contribution in [2.24, 2.45) is 12.0 Å². The molecule has 1 fully saturated rings. The lowest BCUT2D eigenvalue weighted by Gasteiger charge is -2.05. The number of aromatic hydroxyl groups is 1. The van der Waals surface area contributed by atoms with E-state index in [0.717, 1.165) is 23.0 Å². The van der Waals surface area contributed by atoms with Gasteiger partial charge in [0, 0.05) is 31.2 Å². The number of fused-ring (bicyclic) bond motifs is 1. The van der Waals surface area contributed by atoms with E-state index in [1.807, 2.05) is 12.1 Å². The number of hydrogen-bond donors (Lipinski definition) is 3. The average Bonchev–Trinajstić information content (AvgIpc) is 3.44. The minimum absolute atomic E-state index is 0.161. The van der Waals surface area contributed by atoms with E-state index < -0.39 is 5.69 Å². The van der Waals surface area contributed by atoms with E-state index in [0.29, 0.717) is 29.0 Å². The van der Waals surface area contributed by atoms with E-state index in [1.54, 1.807) is 29.2 Å². The number of aromatic amines is 1. The lowest BCUT2D eigenvalue weighted by atomic mass is 10.3. The summed E-state index contributed by atoms with van der Waals surface area (Å²) in [5.41, 5.74) is 1.84. The maximum atomic E-state index is 11.8. The minimum atomic E-state index is -0.409. The Balaban J connectivity index is 1.61. The first-order valence-electron chi connectivity index (χ1n) is 9.50. The molecule has 0 aliphatic heterocycles. The summed E-state index contributed by atoms with van der Waals surface area (Å²) in [5.74, 6) is 0.248. The van der Waals surface area contributed by atoms with Gasteiger partial charge in [-0.15, -0.1) is 0 Å². The Morgan fingerprint density at radius 1 is 1.37 bits per heavy atom. The van der Waals surface area contributed by atoms with Gasteiger partial charge in [-0.25, -0.2) is 9.79 Å². The largest absolute Gasteiger partial charge is 0.493 e. The van der Waals surface area contributed by atoms with Crippen LogP contribution in [0.15, 0.2) is 40.5 Å². The minimum Gasteiger partial charge on any atom is -0.493 e. The summed E-state index contributed by atoms with van der Waals surface area (Å²) in [4.78, 5) is 32.2. The average molecular weight is 405 g/mol. The van der Waals surface area contributed by atoms with Gasteiger partial charge >= 0.3 is 5.69 Å². The number of pyridine rings is 1. The molecule has 11 nitrogen and oxygen atoms in total. The van der Waals surface area contributed by atoms with Crippen LogP contribution in [0.4, 0.5) is 5.95 Å². The van der Waals surface area contributed by atoms with E-state index >= 15 is 0 Å². The second kappa shape index (κ2) is 7.10. The highest BCUT2D eigenvalue weighted by molar-refractivity contribution is 5.57. The highest BCUT2D eigenvalue weighted by atomic mass is 16.3. The fourth-order valence-electron chi connectivity index (χ4n) is 2.98. The topological polar surface area (TPSA) is 138 Å². The molecule has 0 spiro atoms. The third-order valence-electron chi connectivity index (χ3n) is 4.80. The third-order valence-corrected chi connectivity index (χ3v) is 4.80. The molecule has 11 heteroatoms. The van der Waals surface area contributed by atoms with Crippen molar-refractivity contribution in [3.05, 3.63) is 63.3 Å². The fourth-order valence-corrected chi connectivity index (χ4v) is 2.98. The number of nitrogens with one attached hydrogen (secondary N) is 2. The Hall–Kier alpha value is -4.02. The van der Waals surface area contributed by atoms with Crippen LogP contribution in [-0.2, 0) is 13.6 Å². The van der Waals surface area contributed by atoms with Crippen molar-refractivity contribution in [1.82, 2.24) is 34.1 Å². The molecule has 4 aromatic rings. The van der Waals surface area contributed by atoms with Crippen LogP contribution in [-0.4, -0.2) is 45.3 Å². The Labute approximate surface area is 169 Å². The molecule has 4 aromatic heterocycles. The summed E-state index contributed by atoms with van der Waals surface area (Å²) in [6, 6.07) is 4.08. The van der Waals surface area contributed by atoms with Crippen LogP contribution >= 0.6 is 0 Å². The maximum absolute atomic E-state index is 11.8. The van der Waals surface area contributed by atoms with Crippen LogP contribution in [0.25, 0.3) is 11.7 Å². The van der Waals surface area contributed by atoms with E-state index in [2.05, 4.69) is 35.3 Å². The number of nitrogens with zero attached hydrogens (tertiary/aromatic N) is 7. The first kappa shape index (κ1) is 18.0. The second-order valence-electron chi connectivity index (χ2n) is 7.13. The molecule has 0 aromatic carbocycles. The standard InChI is InChI=1S/C19H19N9O2/c1-27-16(29)14(24-19(27)30)7-12-10-22-28-15(12)25-17(26-18(28)23-13-4-5-13)21-9-11-3-2-6-20-8-11/h2-3,6-8,10,13,29H,4-5,9H2,1H3,(H,24,30)(H,21,23,26). The summed E-state index contributed by atoms with van der Waals surface area (Å²) >= 11 is 0. The Morgan fingerprint density at radius 3 is 2.93 bits per heavy atom. The molecule has 0 saturated heterocycles. The van der Waals surface area contributed by atoms with Crippen LogP contribution in [0.5, 0.6) is 5.88 Å². The van der Waals surface area contributed by atoms with Crippen LogP contribution in [0, 0.1) is 0 Å². The first-order valence-corrected chi connectivity index (χ1v) is 9.50. The number of anilines is 1. The van der Waals surface area contributed by atoms with Crippen LogP contribution in [0.2, 0.25) is 0 Å². The molecule has 1 aliphatic rings. The summed E-state index contributed by atoms with van der Waals surface area (Å²) in [7, 11) is 1.48. The van der Waals surface area contributed by atoms with Crippen molar-refractivity contribution < 1.29 is 5.11 Å². The lowest BCUT2D eigenvalue weighted by molar-refractivity contribution is 0.428. The molecule has 1 saturated carbocycles. The van der Waals surface area contributed by atoms with Gasteiger partial charge < -0.3 is 15.4 Å². The molecule has 0 bridgehead atoms.